The van der Waals surface area contributed by atoms with Gasteiger partial charge in [0.1, 0.15) is 0 Å². The summed E-state index contributed by atoms with van der Waals surface area (Å²) in [5.74, 6) is 0.127. The molecule has 0 spiro atoms. The van der Waals surface area contributed by atoms with Gasteiger partial charge in [0.25, 0.3) is 0 Å². The predicted octanol–water partition coefficient (Wildman–Crippen LogP) is 1.42. The van der Waals surface area contributed by atoms with Crippen LogP contribution in [0.1, 0.15) is 32.1 Å². The van der Waals surface area contributed by atoms with Crippen molar-refractivity contribution in [3.63, 3.8) is 0 Å². The van der Waals surface area contributed by atoms with E-state index >= 15 is 0 Å². The van der Waals surface area contributed by atoms with E-state index in [1.165, 1.54) is 19.3 Å². The summed E-state index contributed by atoms with van der Waals surface area (Å²) in [6, 6.07) is 2.41. The Bertz CT molecular complexity index is 137. The second-order valence-corrected chi connectivity index (χ2v) is 3.04. The molecule has 2 N–H and O–H groups in total. The van der Waals surface area contributed by atoms with Crippen LogP contribution in [0.5, 0.6) is 0 Å². The SMILES string of the molecule is N#C[C@H]1CCCCC[C@H]1N. The molecule has 56 valence electrons. The van der Waals surface area contributed by atoms with Gasteiger partial charge < -0.3 is 5.73 Å². The number of rotatable bonds is 0. The van der Waals surface area contributed by atoms with E-state index in [0.29, 0.717) is 0 Å². The highest BCUT2D eigenvalue weighted by Gasteiger charge is 2.18. The van der Waals surface area contributed by atoms with Gasteiger partial charge in [0, 0.05) is 6.04 Å². The summed E-state index contributed by atoms with van der Waals surface area (Å²) < 4.78 is 0. The lowest BCUT2D eigenvalue weighted by molar-refractivity contribution is 0.485. The van der Waals surface area contributed by atoms with Crippen LogP contribution in [0.3, 0.4) is 0 Å². The fourth-order valence-electron chi connectivity index (χ4n) is 1.50. The highest BCUT2D eigenvalue weighted by atomic mass is 14.6. The van der Waals surface area contributed by atoms with Gasteiger partial charge in [-0.05, 0) is 12.8 Å². The molecule has 0 unspecified atom stereocenters. The highest BCUT2D eigenvalue weighted by Crippen LogP contribution is 2.20. The van der Waals surface area contributed by atoms with Crippen LogP contribution < -0.4 is 5.73 Å². The molecule has 1 fully saturated rings. The number of hydrogen-bond acceptors (Lipinski definition) is 2. The van der Waals surface area contributed by atoms with Crippen molar-refractivity contribution < 1.29 is 0 Å². The molecule has 1 aliphatic rings. The normalized spacial score (nSPS) is 34.4. The van der Waals surface area contributed by atoms with E-state index in [1.807, 2.05) is 0 Å². The van der Waals surface area contributed by atoms with Crippen molar-refractivity contribution in [2.75, 3.05) is 0 Å². The Morgan fingerprint density at radius 1 is 1.20 bits per heavy atom. The van der Waals surface area contributed by atoms with Gasteiger partial charge in [0.05, 0.1) is 12.0 Å². The number of hydrogen-bond donors (Lipinski definition) is 1. The minimum atomic E-state index is 0.127. The van der Waals surface area contributed by atoms with Crippen LogP contribution in [0.15, 0.2) is 0 Å². The van der Waals surface area contributed by atoms with Crippen LogP contribution in [0.2, 0.25) is 0 Å². The first-order valence-electron chi connectivity index (χ1n) is 4.00. The average Bonchev–Trinajstić information content (AvgIpc) is 2.13. The fraction of sp³-hybridized carbons (Fsp3) is 0.875. The number of nitrogens with zero attached hydrogens (tertiary/aromatic N) is 1. The molecule has 0 aromatic heterocycles. The zero-order valence-corrected chi connectivity index (χ0v) is 6.21. The average molecular weight is 138 g/mol. The van der Waals surface area contributed by atoms with Gasteiger partial charge >= 0.3 is 0 Å². The summed E-state index contributed by atoms with van der Waals surface area (Å²) >= 11 is 0. The van der Waals surface area contributed by atoms with E-state index in [-0.39, 0.29) is 12.0 Å². The van der Waals surface area contributed by atoms with Crippen molar-refractivity contribution in [3.05, 3.63) is 0 Å². The van der Waals surface area contributed by atoms with Gasteiger partial charge in [-0.2, -0.15) is 5.26 Å². The quantitative estimate of drug-likeness (QED) is 0.514. The maximum Gasteiger partial charge on any atom is 0.0672 e. The van der Waals surface area contributed by atoms with Crippen LogP contribution in [-0.2, 0) is 0 Å². The van der Waals surface area contributed by atoms with Crippen molar-refractivity contribution >= 4 is 0 Å². The standard InChI is InChI=1S/C8H14N2/c9-6-7-4-2-1-3-5-8(7)10/h7-8H,1-5,10H2/t7-,8-/m1/s1. The molecule has 10 heavy (non-hydrogen) atoms. The van der Waals surface area contributed by atoms with Crippen LogP contribution in [0.25, 0.3) is 0 Å². The van der Waals surface area contributed by atoms with Gasteiger partial charge in [-0.3, -0.25) is 0 Å². The third-order valence-electron chi connectivity index (χ3n) is 2.24. The second kappa shape index (κ2) is 3.58. The molecular formula is C8H14N2. The van der Waals surface area contributed by atoms with Crippen molar-refractivity contribution in [2.45, 2.75) is 38.1 Å². The molecule has 1 rings (SSSR count). The van der Waals surface area contributed by atoms with Crippen molar-refractivity contribution in [2.24, 2.45) is 11.7 Å². The summed E-state index contributed by atoms with van der Waals surface area (Å²) in [4.78, 5) is 0. The van der Waals surface area contributed by atoms with E-state index in [4.69, 9.17) is 11.0 Å². The van der Waals surface area contributed by atoms with E-state index in [2.05, 4.69) is 6.07 Å². The first-order valence-corrected chi connectivity index (χ1v) is 4.00. The maximum atomic E-state index is 8.66. The molecule has 0 amide bonds. The molecule has 0 heterocycles. The van der Waals surface area contributed by atoms with Crippen molar-refractivity contribution in [1.29, 1.82) is 5.26 Å². The summed E-state index contributed by atoms with van der Waals surface area (Å²) in [6.45, 7) is 0. The lowest BCUT2D eigenvalue weighted by Crippen LogP contribution is -2.27. The molecule has 0 bridgehead atoms. The molecule has 0 aromatic carbocycles. The molecule has 2 nitrogen and oxygen atoms in total. The maximum absolute atomic E-state index is 8.66. The number of nitrogens with two attached hydrogens (primary N) is 1. The minimum absolute atomic E-state index is 0.127. The lowest BCUT2D eigenvalue weighted by Gasteiger charge is -2.11. The number of nitriles is 1. The zero-order valence-electron chi connectivity index (χ0n) is 6.21. The Balaban J connectivity index is 2.45. The summed E-state index contributed by atoms with van der Waals surface area (Å²) in [5.41, 5.74) is 5.77. The van der Waals surface area contributed by atoms with E-state index in [1.54, 1.807) is 0 Å². The van der Waals surface area contributed by atoms with E-state index in [0.717, 1.165) is 12.8 Å². The Morgan fingerprint density at radius 2 is 1.90 bits per heavy atom. The van der Waals surface area contributed by atoms with Crippen LogP contribution in [0, 0.1) is 17.2 Å². The lowest BCUT2D eigenvalue weighted by atomic mass is 9.98. The first kappa shape index (κ1) is 7.56. The molecular weight excluding hydrogens is 124 g/mol. The Kier molecular flexibility index (Phi) is 2.70. The molecule has 0 aliphatic heterocycles. The van der Waals surface area contributed by atoms with Crippen molar-refractivity contribution in [1.82, 2.24) is 0 Å². The summed E-state index contributed by atoms with van der Waals surface area (Å²) in [7, 11) is 0. The topological polar surface area (TPSA) is 49.8 Å². The van der Waals surface area contributed by atoms with Crippen LogP contribution in [0.4, 0.5) is 0 Å². The van der Waals surface area contributed by atoms with Gasteiger partial charge in [0.15, 0.2) is 0 Å². The molecule has 2 atom stereocenters. The second-order valence-electron chi connectivity index (χ2n) is 3.04. The minimum Gasteiger partial charge on any atom is -0.327 e. The Labute approximate surface area is 62.0 Å². The molecule has 1 aliphatic carbocycles. The highest BCUT2D eigenvalue weighted by molar-refractivity contribution is 4.91. The van der Waals surface area contributed by atoms with Crippen LogP contribution >= 0.6 is 0 Å². The van der Waals surface area contributed by atoms with Gasteiger partial charge in [0.2, 0.25) is 0 Å². The van der Waals surface area contributed by atoms with Gasteiger partial charge in [-0.15, -0.1) is 0 Å². The molecule has 0 saturated heterocycles. The van der Waals surface area contributed by atoms with E-state index in [9.17, 15) is 0 Å². The molecule has 1 saturated carbocycles. The largest absolute Gasteiger partial charge is 0.327 e. The summed E-state index contributed by atoms with van der Waals surface area (Å²) in [5, 5.41) is 8.66. The molecule has 0 aromatic rings. The van der Waals surface area contributed by atoms with Crippen LogP contribution in [-0.4, -0.2) is 6.04 Å². The third-order valence-corrected chi connectivity index (χ3v) is 2.24. The van der Waals surface area contributed by atoms with Gasteiger partial charge in [-0.25, -0.2) is 0 Å². The fourth-order valence-corrected chi connectivity index (χ4v) is 1.50. The molecule has 2 heteroatoms. The smallest absolute Gasteiger partial charge is 0.0672 e. The molecule has 0 radical (unpaired) electrons. The van der Waals surface area contributed by atoms with Gasteiger partial charge in [-0.1, -0.05) is 19.3 Å². The zero-order chi connectivity index (χ0) is 7.40. The van der Waals surface area contributed by atoms with Crippen molar-refractivity contribution in [3.8, 4) is 6.07 Å². The third kappa shape index (κ3) is 1.71. The summed E-state index contributed by atoms with van der Waals surface area (Å²) in [6.07, 6.45) is 5.70. The first-order chi connectivity index (χ1) is 4.84. The monoisotopic (exact) mass is 138 g/mol. The predicted molar refractivity (Wildman–Crippen MR) is 40.2 cm³/mol. The Hall–Kier alpha value is -0.550. The Morgan fingerprint density at radius 3 is 2.60 bits per heavy atom. The van der Waals surface area contributed by atoms with E-state index < -0.39 is 0 Å².